The van der Waals surface area contributed by atoms with Crippen molar-refractivity contribution in [2.24, 2.45) is 0 Å². The van der Waals surface area contributed by atoms with E-state index in [2.05, 4.69) is 29.1 Å². The van der Waals surface area contributed by atoms with E-state index in [1.165, 1.54) is 6.07 Å². The van der Waals surface area contributed by atoms with Crippen LogP contribution in [0.5, 0.6) is 0 Å². The van der Waals surface area contributed by atoms with E-state index in [0.717, 1.165) is 11.5 Å². The van der Waals surface area contributed by atoms with Crippen LogP contribution in [0, 0.1) is 6.92 Å². The number of rotatable bonds is 5. The zero-order chi connectivity index (χ0) is 11.3. The summed E-state index contributed by atoms with van der Waals surface area (Å²) in [6.45, 7) is 5.99. The van der Waals surface area contributed by atoms with E-state index in [-0.39, 0.29) is 5.56 Å². The number of aryl methyl sites for hydroxylation is 1. The van der Waals surface area contributed by atoms with Crippen molar-refractivity contribution in [2.75, 3.05) is 16.8 Å². The van der Waals surface area contributed by atoms with E-state index < -0.39 is 0 Å². The monoisotopic (exact) mass is 227 g/mol. The molecule has 0 aliphatic heterocycles. The second kappa shape index (κ2) is 5.80. The topological polar surface area (TPSA) is 57.8 Å². The molecule has 0 radical (unpaired) electrons. The van der Waals surface area contributed by atoms with Crippen LogP contribution < -0.4 is 10.9 Å². The SMILES string of the molecule is CCSCC(C)Nc1cc(=O)[nH]c(C)n1. The van der Waals surface area contributed by atoms with Crippen LogP contribution in [0.4, 0.5) is 5.82 Å². The van der Waals surface area contributed by atoms with Gasteiger partial charge in [-0.25, -0.2) is 4.98 Å². The zero-order valence-corrected chi connectivity index (χ0v) is 10.1. The molecule has 1 unspecified atom stereocenters. The van der Waals surface area contributed by atoms with E-state index in [4.69, 9.17) is 0 Å². The van der Waals surface area contributed by atoms with Crippen LogP contribution >= 0.6 is 11.8 Å². The van der Waals surface area contributed by atoms with Gasteiger partial charge in [0, 0.05) is 17.9 Å². The summed E-state index contributed by atoms with van der Waals surface area (Å²) < 4.78 is 0. The number of hydrogen-bond donors (Lipinski definition) is 2. The van der Waals surface area contributed by atoms with Crippen LogP contribution in [0.3, 0.4) is 0 Å². The first-order valence-electron chi connectivity index (χ1n) is 5.04. The maximum absolute atomic E-state index is 11.2. The lowest BCUT2D eigenvalue weighted by Gasteiger charge is -2.13. The van der Waals surface area contributed by atoms with Crippen molar-refractivity contribution in [1.29, 1.82) is 0 Å². The largest absolute Gasteiger partial charge is 0.367 e. The van der Waals surface area contributed by atoms with Gasteiger partial charge in [0.15, 0.2) is 0 Å². The average molecular weight is 227 g/mol. The molecule has 1 aromatic rings. The lowest BCUT2D eigenvalue weighted by atomic mass is 10.4. The summed E-state index contributed by atoms with van der Waals surface area (Å²) in [7, 11) is 0. The molecule has 1 heterocycles. The highest BCUT2D eigenvalue weighted by Gasteiger charge is 2.03. The van der Waals surface area contributed by atoms with Crippen LogP contribution in [-0.4, -0.2) is 27.5 Å². The highest BCUT2D eigenvalue weighted by Crippen LogP contribution is 2.06. The molecule has 0 fully saturated rings. The Morgan fingerprint density at radius 1 is 1.67 bits per heavy atom. The molecular weight excluding hydrogens is 210 g/mol. The molecule has 0 aliphatic rings. The number of aromatic nitrogens is 2. The number of thioether (sulfide) groups is 1. The summed E-state index contributed by atoms with van der Waals surface area (Å²) in [4.78, 5) is 18.0. The molecule has 5 heteroatoms. The molecule has 2 N–H and O–H groups in total. The van der Waals surface area contributed by atoms with Gasteiger partial charge in [0.2, 0.25) is 0 Å². The van der Waals surface area contributed by atoms with Crippen LogP contribution in [0.15, 0.2) is 10.9 Å². The van der Waals surface area contributed by atoms with Gasteiger partial charge in [0.1, 0.15) is 11.6 Å². The lowest BCUT2D eigenvalue weighted by molar-refractivity contribution is 0.888. The molecular formula is C10H17N3OS. The Kier molecular flexibility index (Phi) is 4.68. The highest BCUT2D eigenvalue weighted by molar-refractivity contribution is 7.99. The Balaban J connectivity index is 2.60. The quantitative estimate of drug-likeness (QED) is 0.802. The van der Waals surface area contributed by atoms with Crippen LogP contribution in [0.1, 0.15) is 19.7 Å². The molecule has 1 rings (SSSR count). The molecule has 1 atom stereocenters. The molecule has 0 saturated carbocycles. The van der Waals surface area contributed by atoms with Crippen molar-refractivity contribution in [2.45, 2.75) is 26.8 Å². The van der Waals surface area contributed by atoms with Gasteiger partial charge in [-0.15, -0.1) is 0 Å². The number of H-pyrrole nitrogens is 1. The first-order valence-corrected chi connectivity index (χ1v) is 6.19. The molecule has 0 aliphatic carbocycles. The molecule has 1 aromatic heterocycles. The molecule has 0 bridgehead atoms. The number of aromatic amines is 1. The molecule has 0 saturated heterocycles. The van der Waals surface area contributed by atoms with E-state index in [9.17, 15) is 4.79 Å². The van der Waals surface area contributed by atoms with Gasteiger partial charge in [-0.2, -0.15) is 11.8 Å². The third-order valence-corrected chi connectivity index (χ3v) is 2.97. The molecule has 0 spiro atoms. The number of hydrogen-bond acceptors (Lipinski definition) is 4. The molecule has 4 nitrogen and oxygen atoms in total. The third kappa shape index (κ3) is 4.38. The standard InChI is InChI=1S/C10H17N3OS/c1-4-15-6-7(2)11-9-5-10(14)13-8(3)12-9/h5,7H,4,6H2,1-3H3,(H2,11,12,13,14). The summed E-state index contributed by atoms with van der Waals surface area (Å²) >= 11 is 1.87. The van der Waals surface area contributed by atoms with Gasteiger partial charge < -0.3 is 10.3 Å². The normalized spacial score (nSPS) is 12.5. The van der Waals surface area contributed by atoms with Crippen LogP contribution in [0.25, 0.3) is 0 Å². The molecule has 15 heavy (non-hydrogen) atoms. The van der Waals surface area contributed by atoms with Gasteiger partial charge in [-0.05, 0) is 19.6 Å². The Bertz CT molecular complexity index is 364. The van der Waals surface area contributed by atoms with Gasteiger partial charge in [-0.3, -0.25) is 4.79 Å². The Morgan fingerprint density at radius 2 is 2.40 bits per heavy atom. The second-order valence-electron chi connectivity index (χ2n) is 3.42. The van der Waals surface area contributed by atoms with Crippen LogP contribution in [0.2, 0.25) is 0 Å². The smallest absolute Gasteiger partial charge is 0.252 e. The van der Waals surface area contributed by atoms with Crippen molar-refractivity contribution < 1.29 is 0 Å². The van der Waals surface area contributed by atoms with Crippen molar-refractivity contribution in [3.05, 3.63) is 22.2 Å². The second-order valence-corrected chi connectivity index (χ2v) is 4.74. The minimum atomic E-state index is -0.111. The van der Waals surface area contributed by atoms with E-state index in [1.54, 1.807) is 6.92 Å². The maximum atomic E-state index is 11.2. The van der Waals surface area contributed by atoms with Gasteiger partial charge >= 0.3 is 0 Å². The van der Waals surface area contributed by atoms with Crippen LogP contribution in [-0.2, 0) is 0 Å². The first kappa shape index (κ1) is 12.1. The predicted octanol–water partition coefficient (Wildman–Crippen LogP) is 1.63. The summed E-state index contributed by atoms with van der Waals surface area (Å²) in [6, 6.07) is 1.81. The number of nitrogens with one attached hydrogen (secondary N) is 2. The number of anilines is 1. The summed E-state index contributed by atoms with van der Waals surface area (Å²) in [6.07, 6.45) is 0. The predicted molar refractivity (Wildman–Crippen MR) is 65.7 cm³/mol. The fourth-order valence-corrected chi connectivity index (χ4v) is 1.91. The Hall–Kier alpha value is -0.970. The lowest BCUT2D eigenvalue weighted by Crippen LogP contribution is -2.21. The van der Waals surface area contributed by atoms with E-state index in [0.29, 0.717) is 17.7 Å². The van der Waals surface area contributed by atoms with E-state index >= 15 is 0 Å². The van der Waals surface area contributed by atoms with Gasteiger partial charge in [-0.1, -0.05) is 6.92 Å². The van der Waals surface area contributed by atoms with Gasteiger partial charge in [0.25, 0.3) is 5.56 Å². The molecule has 0 amide bonds. The van der Waals surface area contributed by atoms with Crippen molar-refractivity contribution >= 4 is 17.6 Å². The zero-order valence-electron chi connectivity index (χ0n) is 9.33. The average Bonchev–Trinajstić information content (AvgIpc) is 2.13. The van der Waals surface area contributed by atoms with Crippen molar-refractivity contribution in [1.82, 2.24) is 9.97 Å². The minimum absolute atomic E-state index is 0.111. The Labute approximate surface area is 93.9 Å². The fourth-order valence-electron chi connectivity index (χ4n) is 1.24. The fraction of sp³-hybridized carbons (Fsp3) is 0.600. The number of nitrogens with zero attached hydrogens (tertiary/aromatic N) is 1. The first-order chi connectivity index (χ1) is 7.11. The third-order valence-electron chi connectivity index (χ3n) is 1.83. The summed E-state index contributed by atoms with van der Waals surface area (Å²) in [5.74, 6) is 3.42. The molecule has 0 aromatic carbocycles. The highest BCUT2D eigenvalue weighted by atomic mass is 32.2. The summed E-state index contributed by atoms with van der Waals surface area (Å²) in [5.41, 5.74) is -0.111. The molecule has 84 valence electrons. The Morgan fingerprint density at radius 3 is 3.00 bits per heavy atom. The van der Waals surface area contributed by atoms with E-state index in [1.807, 2.05) is 11.8 Å². The minimum Gasteiger partial charge on any atom is -0.367 e. The van der Waals surface area contributed by atoms with Gasteiger partial charge in [0.05, 0.1) is 0 Å². The maximum Gasteiger partial charge on any atom is 0.252 e. The summed E-state index contributed by atoms with van der Waals surface area (Å²) in [5, 5.41) is 3.21. The van der Waals surface area contributed by atoms with Crippen molar-refractivity contribution in [3.63, 3.8) is 0 Å². The van der Waals surface area contributed by atoms with Crippen molar-refractivity contribution in [3.8, 4) is 0 Å².